The zero-order valence-corrected chi connectivity index (χ0v) is 21.9. The van der Waals surface area contributed by atoms with Crippen LogP contribution in [0.25, 0.3) is 11.3 Å². The summed E-state index contributed by atoms with van der Waals surface area (Å²) in [6.07, 6.45) is -8.06. The maximum absolute atomic E-state index is 12.8. The number of carbonyl (C=O) groups is 3. The molecule has 3 heterocycles. The fourth-order valence-corrected chi connectivity index (χ4v) is 5.00. The summed E-state index contributed by atoms with van der Waals surface area (Å²) >= 11 is 1.78. The predicted molar refractivity (Wildman–Crippen MR) is 132 cm³/mol. The summed E-state index contributed by atoms with van der Waals surface area (Å²) in [6, 6.07) is 8.45. The number of rotatable bonds is 2. The first kappa shape index (κ1) is 31.1. The first-order valence-corrected chi connectivity index (χ1v) is 12.8. The van der Waals surface area contributed by atoms with Gasteiger partial charge in [-0.05, 0) is 25.5 Å². The topological polar surface area (TPSA) is 114 Å². The molecule has 1 aromatic heterocycles. The van der Waals surface area contributed by atoms with E-state index in [1.165, 1.54) is 16.0 Å². The van der Waals surface area contributed by atoms with Gasteiger partial charge in [0.2, 0.25) is 5.91 Å². The van der Waals surface area contributed by atoms with E-state index >= 15 is 0 Å². The van der Waals surface area contributed by atoms with Crippen LogP contribution in [0.1, 0.15) is 23.3 Å². The molecule has 0 atom stereocenters. The van der Waals surface area contributed by atoms with Crippen molar-refractivity contribution in [1.29, 1.82) is 0 Å². The number of aliphatic carboxylic acids is 2. The van der Waals surface area contributed by atoms with Gasteiger partial charge in [-0.25, -0.2) is 14.6 Å². The Labute approximate surface area is 228 Å². The van der Waals surface area contributed by atoms with E-state index in [9.17, 15) is 31.1 Å². The number of hydrogen-bond donors (Lipinski definition) is 2. The van der Waals surface area contributed by atoms with Gasteiger partial charge in [0.05, 0.1) is 17.1 Å². The SMILES string of the molecule is CN1CCN(c2nc3c(s2)CN(C(=O)C2CC2)Cc2ccccc2-3)CC1.O=C(O)C(F)(F)F.O=C(O)C(F)(F)F. The molecule has 3 aliphatic rings. The summed E-state index contributed by atoms with van der Waals surface area (Å²) in [5.41, 5.74) is 3.51. The standard InChI is InChI=1S/C20H24N4OS.2C2HF3O2/c1-22-8-10-23(11-9-22)20-21-18-16-5-3-2-4-15(16)12-24(13-17(18)26-20)19(25)14-6-7-14;2*3-2(4,5)1(6)7/h2-5,14H,6-13H2,1H3;2*(H,6,7). The summed E-state index contributed by atoms with van der Waals surface area (Å²) in [7, 11) is 2.17. The summed E-state index contributed by atoms with van der Waals surface area (Å²) in [4.78, 5) is 43.6. The van der Waals surface area contributed by atoms with Crippen molar-refractivity contribution in [2.24, 2.45) is 5.92 Å². The number of benzene rings is 1. The van der Waals surface area contributed by atoms with Crippen molar-refractivity contribution in [3.63, 3.8) is 0 Å². The molecule has 0 spiro atoms. The number of halogens is 6. The van der Waals surface area contributed by atoms with Crippen molar-refractivity contribution in [1.82, 2.24) is 14.8 Å². The summed E-state index contributed by atoms with van der Waals surface area (Å²) in [5.74, 6) is -4.93. The van der Waals surface area contributed by atoms with Gasteiger partial charge in [0.25, 0.3) is 0 Å². The third-order valence-electron chi connectivity index (χ3n) is 6.15. The van der Waals surface area contributed by atoms with Gasteiger partial charge in [-0.2, -0.15) is 26.3 Å². The molecule has 16 heteroatoms. The maximum Gasteiger partial charge on any atom is 0.490 e. The molecule has 0 unspecified atom stereocenters. The van der Waals surface area contributed by atoms with Gasteiger partial charge < -0.3 is 24.9 Å². The lowest BCUT2D eigenvalue weighted by Gasteiger charge is -2.32. The number of anilines is 1. The zero-order chi connectivity index (χ0) is 29.8. The molecule has 2 aliphatic heterocycles. The zero-order valence-electron chi connectivity index (χ0n) is 21.1. The molecule has 220 valence electrons. The number of fused-ring (bicyclic) bond motifs is 3. The Kier molecular flexibility index (Phi) is 9.66. The average molecular weight is 597 g/mol. The second kappa shape index (κ2) is 12.4. The first-order valence-electron chi connectivity index (χ1n) is 12.0. The molecule has 40 heavy (non-hydrogen) atoms. The number of thiazole rings is 1. The number of hydrogen-bond acceptors (Lipinski definition) is 7. The van der Waals surface area contributed by atoms with Gasteiger partial charge in [0.1, 0.15) is 0 Å². The highest BCUT2D eigenvalue weighted by atomic mass is 32.1. The van der Waals surface area contributed by atoms with Crippen LogP contribution in [-0.2, 0) is 27.5 Å². The number of likely N-dealkylation sites (N-methyl/N-ethyl adjacent to an activating group) is 1. The van der Waals surface area contributed by atoms with Crippen LogP contribution in [0, 0.1) is 5.92 Å². The highest BCUT2D eigenvalue weighted by Gasteiger charge is 2.39. The molecule has 1 aliphatic carbocycles. The van der Waals surface area contributed by atoms with E-state index in [-0.39, 0.29) is 5.92 Å². The smallest absolute Gasteiger partial charge is 0.475 e. The lowest BCUT2D eigenvalue weighted by Crippen LogP contribution is -2.44. The maximum atomic E-state index is 12.8. The van der Waals surface area contributed by atoms with E-state index in [2.05, 4.69) is 41.1 Å². The molecule has 5 rings (SSSR count). The van der Waals surface area contributed by atoms with E-state index in [1.54, 1.807) is 11.3 Å². The van der Waals surface area contributed by atoms with Crippen LogP contribution in [0.4, 0.5) is 31.5 Å². The lowest BCUT2D eigenvalue weighted by molar-refractivity contribution is -0.193. The van der Waals surface area contributed by atoms with Gasteiger partial charge in [0, 0.05) is 44.2 Å². The highest BCUT2D eigenvalue weighted by Crippen LogP contribution is 2.40. The molecule has 2 N–H and O–H groups in total. The van der Waals surface area contributed by atoms with Crippen molar-refractivity contribution >= 4 is 34.3 Å². The van der Waals surface area contributed by atoms with Crippen molar-refractivity contribution in [3.8, 4) is 11.3 Å². The largest absolute Gasteiger partial charge is 0.490 e. The normalized spacial score (nSPS) is 17.3. The van der Waals surface area contributed by atoms with Crippen molar-refractivity contribution in [3.05, 3.63) is 34.7 Å². The van der Waals surface area contributed by atoms with Crippen molar-refractivity contribution < 1.29 is 50.9 Å². The number of carboxylic acid groups (broad SMARTS) is 2. The van der Waals surface area contributed by atoms with Crippen molar-refractivity contribution in [2.45, 2.75) is 38.3 Å². The minimum Gasteiger partial charge on any atom is -0.475 e. The van der Waals surface area contributed by atoms with E-state index in [4.69, 9.17) is 24.8 Å². The number of carboxylic acids is 2. The monoisotopic (exact) mass is 596 g/mol. The number of aromatic nitrogens is 1. The fourth-order valence-electron chi connectivity index (χ4n) is 3.86. The van der Waals surface area contributed by atoms with E-state index < -0.39 is 24.3 Å². The highest BCUT2D eigenvalue weighted by molar-refractivity contribution is 7.16. The Morgan fingerprint density at radius 3 is 1.93 bits per heavy atom. The van der Waals surface area contributed by atoms with Crippen LogP contribution in [0.2, 0.25) is 0 Å². The molecule has 9 nitrogen and oxygen atoms in total. The van der Waals surface area contributed by atoms with Gasteiger partial charge in [0.15, 0.2) is 5.13 Å². The quantitative estimate of drug-likeness (QED) is 0.499. The summed E-state index contributed by atoms with van der Waals surface area (Å²) in [6.45, 7) is 5.61. The third-order valence-corrected chi connectivity index (χ3v) is 7.25. The number of alkyl halides is 6. The van der Waals surface area contributed by atoms with Crippen LogP contribution >= 0.6 is 11.3 Å². The first-order chi connectivity index (χ1) is 18.6. The lowest BCUT2D eigenvalue weighted by atomic mass is 10.0. The van der Waals surface area contributed by atoms with Gasteiger partial charge >= 0.3 is 24.3 Å². The molecule has 0 radical (unpaired) electrons. The van der Waals surface area contributed by atoms with Crippen LogP contribution in [-0.4, -0.2) is 88.4 Å². The Balaban J connectivity index is 0.000000263. The Morgan fingerprint density at radius 2 is 1.43 bits per heavy atom. The molecule has 1 amide bonds. The minimum atomic E-state index is -5.08. The number of nitrogens with zero attached hydrogens (tertiary/aromatic N) is 4. The molecular weight excluding hydrogens is 570 g/mol. The third kappa shape index (κ3) is 8.30. The summed E-state index contributed by atoms with van der Waals surface area (Å²) in [5, 5.41) is 15.4. The Bertz CT molecular complexity index is 1200. The van der Waals surface area contributed by atoms with E-state index in [0.29, 0.717) is 19.0 Å². The van der Waals surface area contributed by atoms with Crippen LogP contribution in [0.3, 0.4) is 0 Å². The summed E-state index contributed by atoms with van der Waals surface area (Å²) < 4.78 is 63.5. The Hall–Kier alpha value is -3.40. The molecular formula is C24H26F6N4O5S. The second-order valence-electron chi connectivity index (χ2n) is 9.29. The fraction of sp³-hybridized carbons (Fsp3) is 0.500. The van der Waals surface area contributed by atoms with Gasteiger partial charge in [-0.15, -0.1) is 0 Å². The van der Waals surface area contributed by atoms with Gasteiger partial charge in [-0.1, -0.05) is 35.6 Å². The van der Waals surface area contributed by atoms with Crippen LogP contribution in [0.5, 0.6) is 0 Å². The molecule has 0 bridgehead atoms. The second-order valence-corrected chi connectivity index (χ2v) is 10.4. The molecule has 1 saturated heterocycles. The predicted octanol–water partition coefficient (Wildman–Crippen LogP) is 4.08. The van der Waals surface area contributed by atoms with E-state index in [0.717, 1.165) is 49.8 Å². The van der Waals surface area contributed by atoms with E-state index in [1.807, 2.05) is 4.90 Å². The molecule has 2 fully saturated rings. The number of piperazine rings is 1. The Morgan fingerprint density at radius 1 is 0.900 bits per heavy atom. The van der Waals surface area contributed by atoms with Crippen molar-refractivity contribution in [2.75, 3.05) is 38.1 Å². The average Bonchev–Trinajstić information content (AvgIpc) is 3.66. The minimum absolute atomic E-state index is 0.258. The number of amides is 1. The van der Waals surface area contributed by atoms with Crippen LogP contribution < -0.4 is 4.90 Å². The van der Waals surface area contributed by atoms with Crippen LogP contribution in [0.15, 0.2) is 24.3 Å². The number of carbonyl (C=O) groups excluding carboxylic acids is 1. The molecule has 2 aromatic rings. The molecule has 1 aromatic carbocycles. The van der Waals surface area contributed by atoms with Gasteiger partial charge in [-0.3, -0.25) is 4.79 Å². The molecule has 1 saturated carbocycles.